The molecule has 4 rings (SSSR count). The summed E-state index contributed by atoms with van der Waals surface area (Å²) in [5, 5.41) is 10.5. The maximum atomic E-state index is 11.2. The number of hydrogen-bond donors (Lipinski definition) is 2. The highest BCUT2D eigenvalue weighted by Gasteiger charge is 2.43. The Kier molecular flexibility index (Phi) is 4.85. The van der Waals surface area contributed by atoms with E-state index in [-0.39, 0.29) is 17.8 Å². The number of nitrogens with two attached hydrogens (primary N) is 1. The van der Waals surface area contributed by atoms with Crippen LogP contribution in [0.1, 0.15) is 47.7 Å². The summed E-state index contributed by atoms with van der Waals surface area (Å²) in [7, 11) is 0. The molecule has 27 heavy (non-hydrogen) atoms. The van der Waals surface area contributed by atoms with Gasteiger partial charge in [0.15, 0.2) is 0 Å². The lowest BCUT2D eigenvalue weighted by Gasteiger charge is -2.48. The van der Waals surface area contributed by atoms with Gasteiger partial charge >= 0.3 is 0 Å². The number of aromatic nitrogens is 1. The molecule has 0 unspecified atom stereocenters. The van der Waals surface area contributed by atoms with Crippen molar-refractivity contribution >= 4 is 11.7 Å². The number of primary amides is 1. The van der Waals surface area contributed by atoms with Crippen LogP contribution in [0.15, 0.2) is 48.7 Å². The van der Waals surface area contributed by atoms with E-state index in [1.54, 1.807) is 6.07 Å². The number of hydrogen-bond acceptors (Lipinski definition) is 5. The molecule has 2 aromatic rings. The molecule has 0 aliphatic carbocycles. The molecule has 142 valence electrons. The van der Waals surface area contributed by atoms with E-state index in [1.807, 2.05) is 24.3 Å². The molecule has 2 fully saturated rings. The quantitative estimate of drug-likeness (QED) is 0.870. The molecule has 0 bridgehead atoms. The van der Waals surface area contributed by atoms with E-state index in [9.17, 15) is 9.90 Å². The van der Waals surface area contributed by atoms with Gasteiger partial charge in [0.25, 0.3) is 0 Å². The zero-order chi connectivity index (χ0) is 18.9. The first-order valence-corrected chi connectivity index (χ1v) is 9.46. The summed E-state index contributed by atoms with van der Waals surface area (Å²) in [5.41, 5.74) is 6.53. The average Bonchev–Trinajstić information content (AvgIpc) is 2.69. The standard InChI is InChI=1S/C21H25N3O3/c22-20(26)16-6-7-19(23-14-16)24-10-8-21(9-11-24)13-17(25)12-18(27-21)15-4-2-1-3-5-15/h1-7,14,17-18,25H,8-13H2,(H2,22,26)/t17-,18+/m0/s1. The second-order valence-corrected chi connectivity index (χ2v) is 7.55. The lowest BCUT2D eigenvalue weighted by Crippen LogP contribution is -2.51. The van der Waals surface area contributed by atoms with Crippen molar-refractivity contribution in [3.05, 3.63) is 59.8 Å². The molecule has 2 saturated heterocycles. The minimum atomic E-state index is -0.469. The Bertz CT molecular complexity index is 786. The molecule has 1 amide bonds. The second kappa shape index (κ2) is 7.29. The first kappa shape index (κ1) is 17.9. The minimum Gasteiger partial charge on any atom is -0.393 e. The fourth-order valence-electron chi connectivity index (χ4n) is 4.21. The van der Waals surface area contributed by atoms with Gasteiger partial charge in [-0.05, 0) is 30.5 Å². The number of rotatable bonds is 3. The van der Waals surface area contributed by atoms with Crippen molar-refractivity contribution in [3.63, 3.8) is 0 Å². The number of ether oxygens (including phenoxy) is 1. The van der Waals surface area contributed by atoms with Crippen LogP contribution in [0, 0.1) is 0 Å². The summed E-state index contributed by atoms with van der Waals surface area (Å²) < 4.78 is 6.54. The van der Waals surface area contributed by atoms with Gasteiger partial charge in [0, 0.05) is 32.1 Å². The molecule has 6 nitrogen and oxygen atoms in total. The number of amides is 1. The number of pyridine rings is 1. The van der Waals surface area contributed by atoms with Crippen LogP contribution < -0.4 is 10.6 Å². The Morgan fingerprint density at radius 1 is 1.19 bits per heavy atom. The normalized spacial score (nSPS) is 24.7. The molecule has 0 saturated carbocycles. The molecule has 3 heterocycles. The lowest BCUT2D eigenvalue weighted by atomic mass is 9.81. The summed E-state index contributed by atoms with van der Waals surface area (Å²) in [6.07, 6.45) is 4.12. The maximum absolute atomic E-state index is 11.2. The smallest absolute Gasteiger partial charge is 0.250 e. The third-order valence-electron chi connectivity index (χ3n) is 5.69. The molecule has 3 N–H and O–H groups in total. The van der Waals surface area contributed by atoms with E-state index < -0.39 is 5.91 Å². The molecule has 1 spiro atoms. The predicted octanol–water partition coefficient (Wildman–Crippen LogP) is 2.43. The molecule has 6 heteroatoms. The fraction of sp³-hybridized carbons (Fsp3) is 0.429. The highest BCUT2D eigenvalue weighted by atomic mass is 16.5. The minimum absolute atomic E-state index is 0.0607. The van der Waals surface area contributed by atoms with Crippen molar-refractivity contribution in [1.82, 2.24) is 4.98 Å². The fourth-order valence-corrected chi connectivity index (χ4v) is 4.21. The van der Waals surface area contributed by atoms with Crippen LogP contribution in [0.4, 0.5) is 5.82 Å². The Morgan fingerprint density at radius 3 is 2.56 bits per heavy atom. The number of anilines is 1. The van der Waals surface area contributed by atoms with Crippen LogP contribution in [0.3, 0.4) is 0 Å². The van der Waals surface area contributed by atoms with E-state index in [1.165, 1.54) is 6.20 Å². The van der Waals surface area contributed by atoms with Gasteiger partial charge in [-0.25, -0.2) is 4.98 Å². The number of piperidine rings is 1. The average molecular weight is 367 g/mol. The van der Waals surface area contributed by atoms with Gasteiger partial charge in [0.05, 0.1) is 23.4 Å². The van der Waals surface area contributed by atoms with Crippen LogP contribution in [0.5, 0.6) is 0 Å². The molecular weight excluding hydrogens is 342 g/mol. The molecule has 2 atom stereocenters. The first-order valence-electron chi connectivity index (χ1n) is 9.46. The van der Waals surface area contributed by atoms with Crippen LogP contribution >= 0.6 is 0 Å². The van der Waals surface area contributed by atoms with Crippen LogP contribution in [0.2, 0.25) is 0 Å². The van der Waals surface area contributed by atoms with Gasteiger partial charge in [0.1, 0.15) is 5.82 Å². The highest BCUT2D eigenvalue weighted by molar-refractivity contribution is 5.92. The topological polar surface area (TPSA) is 88.7 Å². The van der Waals surface area contributed by atoms with Crippen molar-refractivity contribution in [2.75, 3.05) is 18.0 Å². The third kappa shape index (κ3) is 3.82. The maximum Gasteiger partial charge on any atom is 0.250 e. The van der Waals surface area contributed by atoms with E-state index in [0.29, 0.717) is 18.4 Å². The zero-order valence-electron chi connectivity index (χ0n) is 15.3. The van der Waals surface area contributed by atoms with Gasteiger partial charge in [-0.3, -0.25) is 4.79 Å². The zero-order valence-corrected chi connectivity index (χ0v) is 15.3. The first-order chi connectivity index (χ1) is 13.0. The molecular formula is C21H25N3O3. The van der Waals surface area contributed by atoms with E-state index in [4.69, 9.17) is 10.5 Å². The Hall–Kier alpha value is -2.44. The van der Waals surface area contributed by atoms with Crippen molar-refractivity contribution < 1.29 is 14.6 Å². The van der Waals surface area contributed by atoms with Crippen molar-refractivity contribution in [3.8, 4) is 0 Å². The third-order valence-corrected chi connectivity index (χ3v) is 5.69. The second-order valence-electron chi connectivity index (χ2n) is 7.55. The SMILES string of the molecule is NC(=O)c1ccc(N2CCC3(CC2)C[C@@H](O)C[C@H](c2ccccc2)O3)nc1. The number of aliphatic hydroxyl groups is 1. The van der Waals surface area contributed by atoms with E-state index >= 15 is 0 Å². The van der Waals surface area contributed by atoms with Gasteiger partial charge in [-0.15, -0.1) is 0 Å². The predicted molar refractivity (Wildman–Crippen MR) is 102 cm³/mol. The Labute approximate surface area is 159 Å². The molecule has 1 aromatic carbocycles. The Morgan fingerprint density at radius 2 is 1.93 bits per heavy atom. The van der Waals surface area contributed by atoms with Gasteiger partial charge in [0.2, 0.25) is 5.91 Å². The van der Waals surface area contributed by atoms with Crippen LogP contribution in [0.25, 0.3) is 0 Å². The Balaban J connectivity index is 1.44. The molecule has 2 aliphatic rings. The summed E-state index contributed by atoms with van der Waals surface area (Å²) in [4.78, 5) is 17.8. The van der Waals surface area contributed by atoms with Gasteiger partial charge in [-0.1, -0.05) is 30.3 Å². The summed E-state index contributed by atoms with van der Waals surface area (Å²) in [5.74, 6) is 0.369. The number of aliphatic hydroxyl groups excluding tert-OH is 1. The van der Waals surface area contributed by atoms with Crippen LogP contribution in [-0.2, 0) is 4.74 Å². The molecule has 0 radical (unpaired) electrons. The summed E-state index contributed by atoms with van der Waals surface area (Å²) >= 11 is 0. The van der Waals surface area contributed by atoms with Crippen molar-refractivity contribution in [1.29, 1.82) is 0 Å². The molecule has 1 aromatic heterocycles. The number of nitrogens with zero attached hydrogens (tertiary/aromatic N) is 2. The van der Waals surface area contributed by atoms with Crippen molar-refractivity contribution in [2.24, 2.45) is 5.73 Å². The van der Waals surface area contributed by atoms with Gasteiger partial charge < -0.3 is 20.5 Å². The largest absolute Gasteiger partial charge is 0.393 e. The number of carbonyl (C=O) groups is 1. The van der Waals surface area contributed by atoms with Crippen molar-refractivity contribution in [2.45, 2.75) is 43.5 Å². The van der Waals surface area contributed by atoms with E-state index in [0.717, 1.165) is 37.3 Å². The number of carbonyl (C=O) groups excluding carboxylic acids is 1. The summed E-state index contributed by atoms with van der Waals surface area (Å²) in [6, 6.07) is 13.7. The highest BCUT2D eigenvalue weighted by Crippen LogP contribution is 2.43. The monoisotopic (exact) mass is 367 g/mol. The van der Waals surface area contributed by atoms with Gasteiger partial charge in [-0.2, -0.15) is 0 Å². The number of benzene rings is 1. The molecule has 2 aliphatic heterocycles. The summed E-state index contributed by atoms with van der Waals surface area (Å²) in [6.45, 7) is 1.61. The lowest BCUT2D eigenvalue weighted by molar-refractivity contribution is -0.173. The van der Waals surface area contributed by atoms with E-state index in [2.05, 4.69) is 22.0 Å². The van der Waals surface area contributed by atoms with Crippen LogP contribution in [-0.4, -0.2) is 40.8 Å².